The fourth-order valence-corrected chi connectivity index (χ4v) is 3.89. The normalized spacial score (nSPS) is 10.7. The van der Waals surface area contributed by atoms with Crippen molar-refractivity contribution >= 4 is 38.8 Å². The highest BCUT2D eigenvalue weighted by Crippen LogP contribution is 2.33. The second-order valence-corrected chi connectivity index (χ2v) is 7.31. The molecule has 1 N–H and O–H groups in total. The molecule has 1 heterocycles. The van der Waals surface area contributed by atoms with E-state index >= 15 is 0 Å². The Balaban J connectivity index is 1.55. The number of rotatable bonds is 5. The van der Waals surface area contributed by atoms with Crippen molar-refractivity contribution in [3.05, 3.63) is 82.2 Å². The van der Waals surface area contributed by atoms with Crippen LogP contribution >= 0.6 is 11.3 Å². The van der Waals surface area contributed by atoms with Crippen LogP contribution in [-0.4, -0.2) is 22.9 Å². The zero-order valence-corrected chi connectivity index (χ0v) is 16.4. The van der Waals surface area contributed by atoms with E-state index in [1.807, 2.05) is 18.2 Å². The molecule has 0 atom stereocenters. The number of nitrogens with one attached hydrogen (secondary N) is 1. The number of thiazole rings is 1. The number of carbonyl (C=O) groups excluding carboxylic acids is 1. The van der Waals surface area contributed by atoms with Gasteiger partial charge in [0.2, 0.25) is 5.82 Å². The summed E-state index contributed by atoms with van der Waals surface area (Å²) in [6, 6.07) is 16.0. The number of halogens is 1. The predicted molar refractivity (Wildman–Crippen MR) is 113 cm³/mol. The Morgan fingerprint density at radius 2 is 1.93 bits per heavy atom. The highest BCUT2D eigenvalue weighted by molar-refractivity contribution is 7.21. The van der Waals surface area contributed by atoms with E-state index in [0.717, 1.165) is 32.6 Å². The summed E-state index contributed by atoms with van der Waals surface area (Å²) in [7, 11) is 1.61. The molecule has 150 valence electrons. The standard InChI is InChI=1S/C21H14FN3O4S/c1-29-14-9-10-16-18(11-14)30-21(24-16)12-5-7-13(8-6-12)23-20(26)15-3-2-4-17(19(15)22)25(27)28/h2-11H,1H3,(H,23,26). The fraction of sp³-hybridized carbons (Fsp3) is 0.0476. The summed E-state index contributed by atoms with van der Waals surface area (Å²) < 4.78 is 20.4. The summed E-state index contributed by atoms with van der Waals surface area (Å²) in [5.74, 6) is -1.18. The molecular weight excluding hydrogens is 409 g/mol. The van der Waals surface area contributed by atoms with E-state index in [1.165, 1.54) is 23.5 Å². The summed E-state index contributed by atoms with van der Waals surface area (Å²) in [4.78, 5) is 26.9. The quantitative estimate of drug-likeness (QED) is 0.348. The molecule has 0 unspecified atom stereocenters. The number of fused-ring (bicyclic) bond motifs is 1. The number of hydrogen-bond acceptors (Lipinski definition) is 6. The number of nitro benzene ring substituents is 1. The summed E-state index contributed by atoms with van der Waals surface area (Å²) in [6.45, 7) is 0. The molecule has 0 saturated carbocycles. The number of nitrogens with zero attached hydrogens (tertiary/aromatic N) is 2. The maximum atomic E-state index is 14.2. The smallest absolute Gasteiger partial charge is 0.305 e. The zero-order valence-electron chi connectivity index (χ0n) is 15.6. The van der Waals surface area contributed by atoms with Crippen LogP contribution in [0.15, 0.2) is 60.7 Å². The van der Waals surface area contributed by atoms with Gasteiger partial charge in [-0.3, -0.25) is 14.9 Å². The average molecular weight is 423 g/mol. The van der Waals surface area contributed by atoms with Crippen molar-refractivity contribution in [3.63, 3.8) is 0 Å². The van der Waals surface area contributed by atoms with E-state index in [0.29, 0.717) is 5.69 Å². The Hall–Kier alpha value is -3.85. The molecule has 4 rings (SSSR count). The average Bonchev–Trinajstić information content (AvgIpc) is 3.17. The molecule has 1 aromatic heterocycles. The van der Waals surface area contributed by atoms with E-state index in [9.17, 15) is 19.3 Å². The van der Waals surface area contributed by atoms with Gasteiger partial charge < -0.3 is 10.1 Å². The number of amides is 1. The van der Waals surface area contributed by atoms with Crippen LogP contribution in [0.25, 0.3) is 20.8 Å². The minimum atomic E-state index is -1.17. The molecule has 1 amide bonds. The molecule has 0 aliphatic rings. The maximum Gasteiger partial charge on any atom is 0.305 e. The molecule has 3 aromatic carbocycles. The monoisotopic (exact) mass is 423 g/mol. The highest BCUT2D eigenvalue weighted by Gasteiger charge is 2.21. The first-order chi connectivity index (χ1) is 14.5. The minimum absolute atomic E-state index is 0.395. The first kappa shape index (κ1) is 19.5. The number of anilines is 1. The van der Waals surface area contributed by atoms with Crippen LogP contribution < -0.4 is 10.1 Å². The van der Waals surface area contributed by atoms with Crippen molar-refractivity contribution in [1.29, 1.82) is 0 Å². The number of hydrogen-bond donors (Lipinski definition) is 1. The second-order valence-electron chi connectivity index (χ2n) is 6.28. The third-order valence-electron chi connectivity index (χ3n) is 4.40. The van der Waals surface area contributed by atoms with Crippen LogP contribution in [-0.2, 0) is 0 Å². The number of aromatic nitrogens is 1. The van der Waals surface area contributed by atoms with Crippen LogP contribution in [0, 0.1) is 15.9 Å². The van der Waals surface area contributed by atoms with E-state index in [-0.39, 0.29) is 0 Å². The lowest BCUT2D eigenvalue weighted by Crippen LogP contribution is -2.14. The van der Waals surface area contributed by atoms with Crippen LogP contribution in [0.4, 0.5) is 15.8 Å². The topological polar surface area (TPSA) is 94.4 Å². The fourth-order valence-electron chi connectivity index (χ4n) is 2.89. The van der Waals surface area contributed by atoms with E-state index in [1.54, 1.807) is 31.4 Å². The lowest BCUT2D eigenvalue weighted by molar-refractivity contribution is -0.387. The Morgan fingerprint density at radius 1 is 1.17 bits per heavy atom. The van der Waals surface area contributed by atoms with Crippen LogP contribution in [0.1, 0.15) is 10.4 Å². The van der Waals surface area contributed by atoms with Crippen molar-refractivity contribution in [2.75, 3.05) is 12.4 Å². The molecule has 4 aromatic rings. The van der Waals surface area contributed by atoms with Gasteiger partial charge in [0, 0.05) is 17.3 Å². The van der Waals surface area contributed by atoms with Crippen LogP contribution in [0.3, 0.4) is 0 Å². The first-order valence-electron chi connectivity index (χ1n) is 8.75. The third-order valence-corrected chi connectivity index (χ3v) is 5.47. The number of ether oxygens (including phenoxy) is 1. The van der Waals surface area contributed by atoms with Gasteiger partial charge in [-0.1, -0.05) is 6.07 Å². The van der Waals surface area contributed by atoms with Gasteiger partial charge >= 0.3 is 5.69 Å². The zero-order chi connectivity index (χ0) is 21.3. The summed E-state index contributed by atoms with van der Waals surface area (Å²) in [6.07, 6.45) is 0. The lowest BCUT2D eigenvalue weighted by Gasteiger charge is -2.07. The number of nitro groups is 1. The van der Waals surface area contributed by atoms with Gasteiger partial charge in [-0.2, -0.15) is 4.39 Å². The molecular formula is C21H14FN3O4S. The Kier molecular flexibility index (Phi) is 5.11. The number of benzene rings is 3. The molecule has 7 nitrogen and oxygen atoms in total. The molecule has 0 spiro atoms. The lowest BCUT2D eigenvalue weighted by atomic mass is 10.1. The van der Waals surface area contributed by atoms with Crippen molar-refractivity contribution < 1.29 is 18.8 Å². The van der Waals surface area contributed by atoms with Gasteiger partial charge in [-0.05, 0) is 48.5 Å². The molecule has 30 heavy (non-hydrogen) atoms. The van der Waals surface area contributed by atoms with E-state index in [4.69, 9.17) is 4.74 Å². The van der Waals surface area contributed by atoms with Gasteiger partial charge in [-0.25, -0.2) is 4.98 Å². The third kappa shape index (κ3) is 3.70. The SMILES string of the molecule is COc1ccc2nc(-c3ccc(NC(=O)c4cccc([N+](=O)[O-])c4F)cc3)sc2c1. The van der Waals surface area contributed by atoms with Gasteiger partial charge in [0.05, 0.1) is 27.8 Å². The van der Waals surface area contributed by atoms with Gasteiger partial charge in [0.25, 0.3) is 5.91 Å². The Labute approximate surface area is 173 Å². The van der Waals surface area contributed by atoms with Crippen LogP contribution in [0.2, 0.25) is 0 Å². The summed E-state index contributed by atoms with van der Waals surface area (Å²) in [5, 5.41) is 14.2. The second kappa shape index (κ2) is 7.88. The molecule has 0 aliphatic carbocycles. The van der Waals surface area contributed by atoms with E-state index in [2.05, 4.69) is 10.3 Å². The molecule has 0 saturated heterocycles. The minimum Gasteiger partial charge on any atom is -0.497 e. The molecule has 0 bridgehead atoms. The van der Waals surface area contributed by atoms with Crippen LogP contribution in [0.5, 0.6) is 5.75 Å². The van der Waals surface area contributed by atoms with Crippen molar-refractivity contribution in [2.45, 2.75) is 0 Å². The Bertz CT molecular complexity index is 1270. The van der Waals surface area contributed by atoms with Gasteiger partial charge in [-0.15, -0.1) is 11.3 Å². The largest absolute Gasteiger partial charge is 0.497 e. The Morgan fingerprint density at radius 3 is 2.63 bits per heavy atom. The van der Waals surface area contributed by atoms with Crippen molar-refractivity contribution in [1.82, 2.24) is 4.98 Å². The number of methoxy groups -OCH3 is 1. The molecule has 9 heteroatoms. The molecule has 0 radical (unpaired) electrons. The molecule has 0 fully saturated rings. The predicted octanol–water partition coefficient (Wildman–Crippen LogP) is 5.27. The molecule has 0 aliphatic heterocycles. The maximum absolute atomic E-state index is 14.2. The first-order valence-corrected chi connectivity index (χ1v) is 9.57. The van der Waals surface area contributed by atoms with Gasteiger partial charge in [0.15, 0.2) is 0 Å². The summed E-state index contributed by atoms with van der Waals surface area (Å²) >= 11 is 1.51. The highest BCUT2D eigenvalue weighted by atomic mass is 32.1. The summed E-state index contributed by atoms with van der Waals surface area (Å²) in [5.41, 5.74) is 1.00. The van der Waals surface area contributed by atoms with Crippen molar-refractivity contribution in [3.8, 4) is 16.3 Å². The number of carbonyl (C=O) groups is 1. The van der Waals surface area contributed by atoms with Gasteiger partial charge in [0.1, 0.15) is 10.8 Å². The van der Waals surface area contributed by atoms with Crippen molar-refractivity contribution in [2.24, 2.45) is 0 Å². The van der Waals surface area contributed by atoms with E-state index < -0.39 is 27.9 Å².